The Hall–Kier alpha value is -3.11. The molecule has 31 heavy (non-hydrogen) atoms. The lowest BCUT2D eigenvalue weighted by molar-refractivity contribution is -0.384. The van der Waals surface area contributed by atoms with E-state index >= 15 is 0 Å². The van der Waals surface area contributed by atoms with Crippen LogP contribution in [-0.2, 0) is 11.8 Å². The number of halogens is 1. The summed E-state index contributed by atoms with van der Waals surface area (Å²) in [4.78, 5) is 22.6. The first-order chi connectivity index (χ1) is 14.7. The summed E-state index contributed by atoms with van der Waals surface area (Å²) < 4.78 is 7.68. The van der Waals surface area contributed by atoms with Crippen molar-refractivity contribution in [1.29, 1.82) is 0 Å². The Kier molecular flexibility index (Phi) is 7.13. The highest BCUT2D eigenvalue weighted by Crippen LogP contribution is 2.28. The molecule has 0 aliphatic rings. The fourth-order valence-corrected chi connectivity index (χ4v) is 3.64. The molecule has 0 aliphatic carbocycles. The minimum Gasteiger partial charge on any atom is -0.483 e. The maximum Gasteiger partial charge on any atom is 0.289 e. The van der Waals surface area contributed by atoms with E-state index in [1.165, 1.54) is 30.0 Å². The SMILES string of the molecule is Cc1ccc(OC(C)c2nnc(SCC(=O)Nc3ccc(Cl)c([N+](=O)[O-])c3)n2C)cc1. The third-order valence-electron chi connectivity index (χ3n) is 4.32. The van der Waals surface area contributed by atoms with Gasteiger partial charge in [0.05, 0.1) is 10.7 Å². The summed E-state index contributed by atoms with van der Waals surface area (Å²) in [5.74, 6) is 1.06. The zero-order chi connectivity index (χ0) is 22.5. The van der Waals surface area contributed by atoms with E-state index in [0.717, 1.165) is 11.3 Å². The van der Waals surface area contributed by atoms with Crippen molar-refractivity contribution in [3.8, 4) is 5.75 Å². The second kappa shape index (κ2) is 9.80. The Morgan fingerprint density at radius 1 is 1.29 bits per heavy atom. The molecule has 1 unspecified atom stereocenters. The average Bonchev–Trinajstić information content (AvgIpc) is 3.10. The molecule has 9 nitrogen and oxygen atoms in total. The van der Waals surface area contributed by atoms with Crippen molar-refractivity contribution < 1.29 is 14.5 Å². The summed E-state index contributed by atoms with van der Waals surface area (Å²) >= 11 is 6.98. The molecule has 11 heteroatoms. The Labute approximate surface area is 187 Å². The van der Waals surface area contributed by atoms with Crippen molar-refractivity contribution in [2.45, 2.75) is 25.1 Å². The van der Waals surface area contributed by atoms with E-state index in [1.807, 2.05) is 38.1 Å². The highest BCUT2D eigenvalue weighted by Gasteiger charge is 2.19. The van der Waals surface area contributed by atoms with Gasteiger partial charge in [-0.2, -0.15) is 0 Å². The van der Waals surface area contributed by atoms with Gasteiger partial charge in [0, 0.05) is 18.8 Å². The molecular formula is C20H20ClN5O4S. The lowest BCUT2D eigenvalue weighted by Gasteiger charge is -2.14. The van der Waals surface area contributed by atoms with Crippen molar-refractivity contribution in [1.82, 2.24) is 14.8 Å². The maximum atomic E-state index is 12.3. The fourth-order valence-electron chi connectivity index (χ4n) is 2.74. The van der Waals surface area contributed by atoms with Gasteiger partial charge in [0.25, 0.3) is 5.69 Å². The molecule has 3 aromatic rings. The summed E-state index contributed by atoms with van der Waals surface area (Å²) in [5.41, 5.74) is 1.16. The Morgan fingerprint density at radius 3 is 2.68 bits per heavy atom. The topological polar surface area (TPSA) is 112 Å². The zero-order valence-electron chi connectivity index (χ0n) is 17.0. The van der Waals surface area contributed by atoms with Crippen molar-refractivity contribution in [3.63, 3.8) is 0 Å². The number of benzene rings is 2. The van der Waals surface area contributed by atoms with Gasteiger partial charge in [0.2, 0.25) is 5.91 Å². The molecular weight excluding hydrogens is 442 g/mol. The van der Waals surface area contributed by atoms with Crippen molar-refractivity contribution in [2.24, 2.45) is 7.05 Å². The molecule has 1 aromatic heterocycles. The standard InChI is InChI=1S/C20H20ClN5O4S/c1-12-4-7-15(8-5-12)30-13(2)19-23-24-20(25(19)3)31-11-18(27)22-14-6-9-16(21)17(10-14)26(28)29/h4-10,13H,11H2,1-3H3,(H,22,27). The van der Waals surface area contributed by atoms with Crippen LogP contribution in [-0.4, -0.2) is 31.3 Å². The number of rotatable bonds is 8. The molecule has 0 aliphatic heterocycles. The Morgan fingerprint density at radius 2 is 2.00 bits per heavy atom. The molecule has 0 radical (unpaired) electrons. The zero-order valence-corrected chi connectivity index (χ0v) is 18.6. The summed E-state index contributed by atoms with van der Waals surface area (Å²) in [5, 5.41) is 22.4. The van der Waals surface area contributed by atoms with E-state index < -0.39 is 4.92 Å². The second-order valence-electron chi connectivity index (χ2n) is 6.73. The predicted octanol–water partition coefficient (Wildman–Crippen LogP) is 4.56. The smallest absolute Gasteiger partial charge is 0.289 e. The number of hydrogen-bond donors (Lipinski definition) is 1. The van der Waals surface area contributed by atoms with Crippen molar-refractivity contribution >= 4 is 40.6 Å². The summed E-state index contributed by atoms with van der Waals surface area (Å²) in [6.45, 7) is 3.88. The minimum atomic E-state index is -0.604. The number of ether oxygens (including phenoxy) is 1. The highest BCUT2D eigenvalue weighted by atomic mass is 35.5. The van der Waals surface area contributed by atoms with E-state index in [4.69, 9.17) is 16.3 Å². The molecule has 1 heterocycles. The maximum absolute atomic E-state index is 12.3. The van der Waals surface area contributed by atoms with Gasteiger partial charge in [0.15, 0.2) is 17.1 Å². The van der Waals surface area contributed by atoms with Crippen LogP contribution in [0.4, 0.5) is 11.4 Å². The number of nitro benzene ring substituents is 1. The number of carbonyl (C=O) groups is 1. The van der Waals surface area contributed by atoms with Crippen LogP contribution in [0.1, 0.15) is 24.4 Å². The second-order valence-corrected chi connectivity index (χ2v) is 8.08. The number of aryl methyl sites for hydroxylation is 1. The Balaban J connectivity index is 1.59. The molecule has 0 bridgehead atoms. The quantitative estimate of drug-likeness (QED) is 0.297. The molecule has 0 saturated heterocycles. The number of thioether (sulfide) groups is 1. The van der Waals surface area contributed by atoms with Gasteiger partial charge >= 0.3 is 0 Å². The third-order valence-corrected chi connectivity index (χ3v) is 5.66. The van der Waals surface area contributed by atoms with E-state index in [0.29, 0.717) is 16.7 Å². The van der Waals surface area contributed by atoms with Crippen LogP contribution in [0.5, 0.6) is 5.75 Å². The van der Waals surface area contributed by atoms with E-state index in [1.54, 1.807) is 11.6 Å². The normalized spacial score (nSPS) is 11.7. The predicted molar refractivity (Wildman–Crippen MR) is 119 cm³/mol. The van der Waals surface area contributed by atoms with Crippen LogP contribution in [0, 0.1) is 17.0 Å². The van der Waals surface area contributed by atoms with Gasteiger partial charge in [-0.1, -0.05) is 41.1 Å². The summed E-state index contributed by atoms with van der Waals surface area (Å²) in [6.07, 6.45) is -0.335. The Bertz CT molecular complexity index is 1100. The molecule has 3 rings (SSSR count). The molecule has 1 amide bonds. The number of amides is 1. The molecule has 1 atom stereocenters. The molecule has 0 saturated carbocycles. The van der Waals surface area contributed by atoms with Crippen LogP contribution in [0.2, 0.25) is 5.02 Å². The number of carbonyl (C=O) groups excluding carboxylic acids is 1. The van der Waals surface area contributed by atoms with Gasteiger partial charge in [0.1, 0.15) is 10.8 Å². The number of aromatic nitrogens is 3. The van der Waals surface area contributed by atoms with Crippen LogP contribution < -0.4 is 10.1 Å². The van der Waals surface area contributed by atoms with E-state index in [2.05, 4.69) is 15.5 Å². The number of anilines is 1. The number of nitro groups is 1. The lowest BCUT2D eigenvalue weighted by Crippen LogP contribution is -2.15. The van der Waals surface area contributed by atoms with Crippen LogP contribution in [0.3, 0.4) is 0 Å². The van der Waals surface area contributed by atoms with Gasteiger partial charge in [-0.25, -0.2) is 0 Å². The number of nitrogens with one attached hydrogen (secondary N) is 1. The van der Waals surface area contributed by atoms with Gasteiger partial charge in [-0.15, -0.1) is 10.2 Å². The molecule has 1 N–H and O–H groups in total. The number of hydrogen-bond acceptors (Lipinski definition) is 7. The van der Waals surface area contributed by atoms with E-state index in [9.17, 15) is 14.9 Å². The number of nitrogens with zero attached hydrogens (tertiary/aromatic N) is 4. The highest BCUT2D eigenvalue weighted by molar-refractivity contribution is 7.99. The summed E-state index contributed by atoms with van der Waals surface area (Å²) in [6, 6.07) is 11.8. The minimum absolute atomic E-state index is 0.00552. The van der Waals surface area contributed by atoms with Gasteiger partial charge < -0.3 is 14.6 Å². The molecule has 2 aromatic carbocycles. The van der Waals surface area contributed by atoms with Crippen molar-refractivity contribution in [2.75, 3.05) is 11.1 Å². The van der Waals surface area contributed by atoms with E-state index in [-0.39, 0.29) is 28.5 Å². The van der Waals surface area contributed by atoms with Gasteiger partial charge in [-0.3, -0.25) is 14.9 Å². The first-order valence-electron chi connectivity index (χ1n) is 9.24. The fraction of sp³-hybridized carbons (Fsp3) is 0.250. The van der Waals surface area contributed by atoms with Crippen LogP contribution >= 0.6 is 23.4 Å². The van der Waals surface area contributed by atoms with Gasteiger partial charge in [-0.05, 0) is 38.1 Å². The average molecular weight is 462 g/mol. The molecule has 0 fully saturated rings. The third kappa shape index (κ3) is 5.74. The molecule has 162 valence electrons. The monoisotopic (exact) mass is 461 g/mol. The van der Waals surface area contributed by atoms with Crippen LogP contribution in [0.15, 0.2) is 47.6 Å². The van der Waals surface area contributed by atoms with Crippen LogP contribution in [0.25, 0.3) is 0 Å². The first kappa shape index (κ1) is 22.6. The molecule has 0 spiro atoms. The lowest BCUT2D eigenvalue weighted by atomic mass is 10.2. The largest absolute Gasteiger partial charge is 0.483 e. The summed E-state index contributed by atoms with van der Waals surface area (Å²) in [7, 11) is 1.80. The first-order valence-corrected chi connectivity index (χ1v) is 10.6. The van der Waals surface area contributed by atoms with Crippen molar-refractivity contribution in [3.05, 3.63) is 69.0 Å².